The second kappa shape index (κ2) is 8.35. The number of halogens is 2. The normalized spacial score (nSPS) is 15.3. The van der Waals surface area contributed by atoms with Crippen molar-refractivity contribution in [2.24, 2.45) is 5.92 Å². The summed E-state index contributed by atoms with van der Waals surface area (Å²) >= 11 is 0.405. The molecule has 8 heteroatoms. The van der Waals surface area contributed by atoms with Gasteiger partial charge in [0.25, 0.3) is 11.7 Å². The van der Waals surface area contributed by atoms with Crippen LogP contribution >= 0.6 is 11.8 Å². The lowest BCUT2D eigenvalue weighted by Gasteiger charge is -2.30. The number of carbonyl (C=O) groups excluding carboxylic acids is 2. The van der Waals surface area contributed by atoms with Crippen LogP contribution in [-0.4, -0.2) is 35.6 Å². The summed E-state index contributed by atoms with van der Waals surface area (Å²) in [5, 5.41) is 2.74. The first-order valence-corrected chi connectivity index (χ1v) is 9.10. The van der Waals surface area contributed by atoms with Crippen molar-refractivity contribution in [2.45, 2.75) is 23.5 Å². The number of hydrogen-bond donors (Lipinski definition) is 1. The van der Waals surface area contributed by atoms with Crippen LogP contribution in [-0.2, 0) is 4.79 Å². The first kappa shape index (κ1) is 18.4. The van der Waals surface area contributed by atoms with Gasteiger partial charge < -0.3 is 14.6 Å². The third-order valence-corrected chi connectivity index (χ3v) is 5.03. The van der Waals surface area contributed by atoms with Crippen LogP contribution in [0.15, 0.2) is 52.0 Å². The van der Waals surface area contributed by atoms with Crippen molar-refractivity contribution in [2.75, 3.05) is 18.4 Å². The van der Waals surface area contributed by atoms with E-state index in [1.165, 1.54) is 6.26 Å². The van der Waals surface area contributed by atoms with Gasteiger partial charge >= 0.3 is 0 Å². The molecule has 0 aliphatic carbocycles. The number of benzene rings is 1. The molecule has 5 nitrogen and oxygen atoms in total. The number of carbonyl (C=O) groups is 2. The summed E-state index contributed by atoms with van der Waals surface area (Å²) in [7, 11) is 0. The number of nitrogens with zero attached hydrogens (tertiary/aromatic N) is 1. The summed E-state index contributed by atoms with van der Waals surface area (Å²) in [5.41, 5.74) is 0.386. The third-order valence-electron chi connectivity index (χ3n) is 4.25. The predicted molar refractivity (Wildman–Crippen MR) is 94.3 cm³/mol. The molecule has 1 aromatic heterocycles. The molecule has 1 N–H and O–H groups in total. The maximum Gasteiger partial charge on any atom is 0.289 e. The quantitative estimate of drug-likeness (QED) is 0.794. The summed E-state index contributed by atoms with van der Waals surface area (Å²) in [6.07, 6.45) is 2.48. The van der Waals surface area contributed by atoms with Gasteiger partial charge in [-0.25, -0.2) is 0 Å². The number of alkyl halides is 2. The first-order valence-electron chi connectivity index (χ1n) is 8.22. The second-order valence-corrected chi connectivity index (χ2v) is 6.94. The van der Waals surface area contributed by atoms with E-state index in [2.05, 4.69) is 5.32 Å². The number of likely N-dealkylation sites (tertiary alicyclic amines) is 1. The lowest BCUT2D eigenvalue weighted by atomic mass is 9.95. The Morgan fingerprint density at radius 2 is 1.88 bits per heavy atom. The van der Waals surface area contributed by atoms with Gasteiger partial charge in [-0.05, 0) is 37.1 Å². The van der Waals surface area contributed by atoms with Crippen LogP contribution in [0.4, 0.5) is 14.5 Å². The van der Waals surface area contributed by atoms with Gasteiger partial charge in [-0.1, -0.05) is 23.9 Å². The zero-order valence-electron chi connectivity index (χ0n) is 13.9. The van der Waals surface area contributed by atoms with Crippen LogP contribution in [0.3, 0.4) is 0 Å². The van der Waals surface area contributed by atoms with Crippen molar-refractivity contribution in [3.8, 4) is 0 Å². The molecule has 0 spiro atoms. The molecule has 0 unspecified atom stereocenters. The highest BCUT2D eigenvalue weighted by Gasteiger charge is 2.29. The molecule has 0 radical (unpaired) electrons. The molecule has 0 bridgehead atoms. The Morgan fingerprint density at radius 1 is 1.15 bits per heavy atom. The molecule has 2 aromatic rings. The number of hydrogen-bond acceptors (Lipinski definition) is 4. The van der Waals surface area contributed by atoms with E-state index in [4.69, 9.17) is 4.42 Å². The Hall–Kier alpha value is -2.35. The molecule has 0 atom stereocenters. The molecule has 1 aromatic carbocycles. The number of piperidine rings is 1. The van der Waals surface area contributed by atoms with Crippen molar-refractivity contribution >= 4 is 29.3 Å². The first-order chi connectivity index (χ1) is 12.5. The molecule has 2 amide bonds. The summed E-state index contributed by atoms with van der Waals surface area (Å²) in [4.78, 5) is 26.7. The van der Waals surface area contributed by atoms with Crippen LogP contribution in [0.1, 0.15) is 23.4 Å². The third kappa shape index (κ3) is 4.43. The van der Waals surface area contributed by atoms with Crippen LogP contribution < -0.4 is 5.32 Å². The number of nitrogens with one attached hydrogen (secondary N) is 1. The minimum absolute atomic E-state index is 0.187. The summed E-state index contributed by atoms with van der Waals surface area (Å²) in [6, 6.07) is 9.77. The highest BCUT2D eigenvalue weighted by molar-refractivity contribution is 7.99. The monoisotopic (exact) mass is 380 g/mol. The number of rotatable bonds is 5. The number of para-hydroxylation sites is 1. The Kier molecular flexibility index (Phi) is 5.92. The zero-order valence-corrected chi connectivity index (χ0v) is 14.7. The predicted octanol–water partition coefficient (Wildman–Crippen LogP) is 4.09. The minimum Gasteiger partial charge on any atom is -0.459 e. The smallest absolute Gasteiger partial charge is 0.289 e. The molecule has 138 valence electrons. The summed E-state index contributed by atoms with van der Waals surface area (Å²) < 4.78 is 30.4. The maximum atomic E-state index is 12.6. The number of thioether (sulfide) groups is 1. The lowest BCUT2D eigenvalue weighted by molar-refractivity contribution is -0.121. The van der Waals surface area contributed by atoms with Crippen LogP contribution in [0, 0.1) is 5.92 Å². The van der Waals surface area contributed by atoms with Crippen LogP contribution in [0.5, 0.6) is 0 Å². The van der Waals surface area contributed by atoms with E-state index >= 15 is 0 Å². The van der Waals surface area contributed by atoms with Crippen molar-refractivity contribution in [1.29, 1.82) is 0 Å². The van der Waals surface area contributed by atoms with E-state index in [-0.39, 0.29) is 23.5 Å². The molecule has 1 saturated heterocycles. The molecule has 3 rings (SSSR count). The SMILES string of the molecule is O=C(Nc1ccccc1SC(F)F)C1CCN(C(=O)c2ccco2)CC1. The molecule has 1 fully saturated rings. The van der Waals surface area contributed by atoms with Gasteiger partial charge in [0.1, 0.15) is 0 Å². The van der Waals surface area contributed by atoms with Crippen LogP contribution in [0.25, 0.3) is 0 Å². The molecule has 0 saturated carbocycles. The Morgan fingerprint density at radius 3 is 2.54 bits per heavy atom. The van der Waals surface area contributed by atoms with E-state index in [0.717, 1.165) is 0 Å². The van der Waals surface area contributed by atoms with Gasteiger partial charge in [0.15, 0.2) is 5.76 Å². The largest absolute Gasteiger partial charge is 0.459 e. The van der Waals surface area contributed by atoms with Crippen molar-refractivity contribution < 1.29 is 22.8 Å². The Balaban J connectivity index is 1.57. The number of anilines is 1. The topological polar surface area (TPSA) is 62.6 Å². The van der Waals surface area contributed by atoms with Crippen LogP contribution in [0.2, 0.25) is 0 Å². The van der Waals surface area contributed by atoms with Gasteiger partial charge in [0.05, 0.1) is 12.0 Å². The summed E-state index contributed by atoms with van der Waals surface area (Å²) in [5.74, 6) is -2.93. The molecule has 1 aliphatic heterocycles. The van der Waals surface area contributed by atoms with E-state index in [1.54, 1.807) is 41.3 Å². The fourth-order valence-corrected chi connectivity index (χ4v) is 3.50. The van der Waals surface area contributed by atoms with E-state index < -0.39 is 5.76 Å². The standard InChI is InChI=1S/C18H18F2N2O3S/c19-18(20)26-15-6-2-1-4-13(15)21-16(23)12-7-9-22(10-8-12)17(24)14-5-3-11-25-14/h1-6,11-12,18H,7-10H2,(H,21,23). The molecule has 1 aliphatic rings. The molecule has 2 heterocycles. The molecular weight excluding hydrogens is 362 g/mol. The Bertz CT molecular complexity index is 760. The van der Waals surface area contributed by atoms with E-state index in [9.17, 15) is 18.4 Å². The van der Waals surface area contributed by atoms with Crippen molar-refractivity contribution in [3.63, 3.8) is 0 Å². The Labute approximate surface area is 153 Å². The van der Waals surface area contributed by atoms with Gasteiger partial charge in [-0.3, -0.25) is 9.59 Å². The van der Waals surface area contributed by atoms with Gasteiger partial charge in [-0.15, -0.1) is 0 Å². The fourth-order valence-electron chi connectivity index (χ4n) is 2.90. The van der Waals surface area contributed by atoms with Crippen molar-refractivity contribution in [3.05, 3.63) is 48.4 Å². The van der Waals surface area contributed by atoms with Gasteiger partial charge in [0, 0.05) is 23.9 Å². The highest BCUT2D eigenvalue weighted by atomic mass is 32.2. The van der Waals surface area contributed by atoms with E-state index in [1.807, 2.05) is 0 Å². The zero-order chi connectivity index (χ0) is 18.5. The second-order valence-electron chi connectivity index (χ2n) is 5.91. The summed E-state index contributed by atoms with van der Waals surface area (Å²) in [6.45, 7) is 0.899. The van der Waals surface area contributed by atoms with Crippen molar-refractivity contribution in [1.82, 2.24) is 4.90 Å². The average Bonchev–Trinajstić information content (AvgIpc) is 3.17. The maximum absolute atomic E-state index is 12.6. The molecular formula is C18H18F2N2O3S. The number of furan rings is 1. The fraction of sp³-hybridized carbons (Fsp3) is 0.333. The average molecular weight is 380 g/mol. The molecule has 26 heavy (non-hydrogen) atoms. The lowest BCUT2D eigenvalue weighted by Crippen LogP contribution is -2.41. The number of amides is 2. The van der Waals surface area contributed by atoms with Gasteiger partial charge in [-0.2, -0.15) is 8.78 Å². The minimum atomic E-state index is -2.55. The highest BCUT2D eigenvalue weighted by Crippen LogP contribution is 2.32. The van der Waals surface area contributed by atoms with Gasteiger partial charge in [0.2, 0.25) is 5.91 Å². The van der Waals surface area contributed by atoms with E-state index in [0.29, 0.717) is 48.3 Å².